The molecule has 0 aliphatic heterocycles. The summed E-state index contributed by atoms with van der Waals surface area (Å²) >= 11 is 0. The van der Waals surface area contributed by atoms with Gasteiger partial charge in [-0.15, -0.1) is 0 Å². The Kier molecular flexibility index (Phi) is 5.33. The molecule has 0 aromatic rings. The van der Waals surface area contributed by atoms with Crippen molar-refractivity contribution >= 4 is 12.2 Å². The summed E-state index contributed by atoms with van der Waals surface area (Å²) in [5.74, 6) is -0.381. The number of carbonyl (C=O) groups excluding carboxylic acids is 1. The van der Waals surface area contributed by atoms with Gasteiger partial charge in [0.25, 0.3) is 0 Å². The van der Waals surface area contributed by atoms with Gasteiger partial charge in [-0.05, 0) is 6.42 Å². The average molecular weight is 141 g/mol. The highest BCUT2D eigenvalue weighted by Crippen LogP contribution is 1.78. The van der Waals surface area contributed by atoms with E-state index >= 15 is 0 Å². The van der Waals surface area contributed by atoms with Crippen LogP contribution in [0.1, 0.15) is 13.3 Å². The molecule has 10 heavy (non-hydrogen) atoms. The number of methoxy groups -OCH3 is 1. The summed E-state index contributed by atoms with van der Waals surface area (Å²) in [5, 5.41) is 0. The SMILES string of the molecule is CCC=N/C=C/C(=O)OC. The van der Waals surface area contributed by atoms with Crippen LogP contribution >= 0.6 is 0 Å². The highest BCUT2D eigenvalue weighted by molar-refractivity contribution is 5.81. The summed E-state index contributed by atoms with van der Waals surface area (Å²) in [5.41, 5.74) is 0. The highest BCUT2D eigenvalue weighted by Gasteiger charge is 1.86. The Balaban J connectivity index is 3.55. The summed E-state index contributed by atoms with van der Waals surface area (Å²) in [6.07, 6.45) is 5.26. The fraction of sp³-hybridized carbons (Fsp3) is 0.429. The first-order chi connectivity index (χ1) is 4.81. The van der Waals surface area contributed by atoms with Gasteiger partial charge in [0.2, 0.25) is 0 Å². The van der Waals surface area contributed by atoms with Crippen LogP contribution in [-0.4, -0.2) is 19.3 Å². The van der Waals surface area contributed by atoms with Gasteiger partial charge in [-0.2, -0.15) is 0 Å². The molecule has 0 saturated heterocycles. The van der Waals surface area contributed by atoms with Crippen LogP contribution in [0.3, 0.4) is 0 Å². The average Bonchev–Trinajstić information content (AvgIpc) is 1.98. The zero-order valence-electron chi connectivity index (χ0n) is 6.20. The minimum Gasteiger partial charge on any atom is -0.466 e. The molecule has 0 heterocycles. The molecule has 0 aromatic heterocycles. The van der Waals surface area contributed by atoms with Gasteiger partial charge >= 0.3 is 5.97 Å². The molecule has 0 fully saturated rings. The Bertz CT molecular complexity index is 150. The van der Waals surface area contributed by atoms with Crippen molar-refractivity contribution in [3.63, 3.8) is 0 Å². The van der Waals surface area contributed by atoms with Gasteiger partial charge in [-0.1, -0.05) is 6.92 Å². The topological polar surface area (TPSA) is 38.7 Å². The molecule has 0 radical (unpaired) electrons. The number of nitrogens with zero attached hydrogens (tertiary/aromatic N) is 1. The standard InChI is InChI=1S/C7H11NO2/c1-3-5-8-6-4-7(9)10-2/h4-6H,3H2,1-2H3/b6-4+,8-5?. The third-order valence-electron chi connectivity index (χ3n) is 0.786. The third kappa shape index (κ3) is 5.03. The van der Waals surface area contributed by atoms with Gasteiger partial charge in [-0.25, -0.2) is 4.79 Å². The molecule has 0 bridgehead atoms. The van der Waals surface area contributed by atoms with Crippen LogP contribution in [0.4, 0.5) is 0 Å². The lowest BCUT2D eigenvalue weighted by Crippen LogP contribution is -1.92. The predicted molar refractivity (Wildman–Crippen MR) is 39.9 cm³/mol. The molecule has 0 spiro atoms. The van der Waals surface area contributed by atoms with Crippen LogP contribution in [0.2, 0.25) is 0 Å². The Labute approximate surface area is 60.4 Å². The van der Waals surface area contributed by atoms with E-state index in [1.54, 1.807) is 6.21 Å². The fourth-order valence-electron chi connectivity index (χ4n) is 0.338. The second-order valence-corrected chi connectivity index (χ2v) is 1.58. The van der Waals surface area contributed by atoms with E-state index < -0.39 is 0 Å². The van der Waals surface area contributed by atoms with E-state index in [1.165, 1.54) is 19.4 Å². The molecule has 0 amide bonds. The van der Waals surface area contributed by atoms with E-state index in [2.05, 4.69) is 9.73 Å². The van der Waals surface area contributed by atoms with Gasteiger partial charge in [-0.3, -0.25) is 4.99 Å². The van der Waals surface area contributed by atoms with Crippen LogP contribution in [-0.2, 0) is 9.53 Å². The van der Waals surface area contributed by atoms with Gasteiger partial charge in [0.05, 0.1) is 7.11 Å². The van der Waals surface area contributed by atoms with Gasteiger partial charge in [0, 0.05) is 18.5 Å². The number of rotatable bonds is 3. The van der Waals surface area contributed by atoms with E-state index in [-0.39, 0.29) is 5.97 Å². The van der Waals surface area contributed by atoms with Crippen LogP contribution < -0.4 is 0 Å². The number of carbonyl (C=O) groups is 1. The maximum atomic E-state index is 10.4. The van der Waals surface area contributed by atoms with Gasteiger partial charge < -0.3 is 4.74 Å². The first-order valence-electron chi connectivity index (χ1n) is 3.07. The Morgan fingerprint density at radius 2 is 2.40 bits per heavy atom. The van der Waals surface area contributed by atoms with E-state index in [4.69, 9.17) is 0 Å². The zero-order chi connectivity index (χ0) is 7.82. The molecule has 3 heteroatoms. The molecular formula is C7H11NO2. The molecule has 0 aliphatic carbocycles. The molecule has 0 rings (SSSR count). The summed E-state index contributed by atoms with van der Waals surface area (Å²) in [6.45, 7) is 1.97. The van der Waals surface area contributed by atoms with E-state index in [0.29, 0.717) is 0 Å². The smallest absolute Gasteiger partial charge is 0.332 e. The second-order valence-electron chi connectivity index (χ2n) is 1.58. The van der Waals surface area contributed by atoms with Crippen molar-refractivity contribution in [2.75, 3.05) is 7.11 Å². The molecular weight excluding hydrogens is 130 g/mol. The molecule has 0 N–H and O–H groups in total. The largest absolute Gasteiger partial charge is 0.466 e. The van der Waals surface area contributed by atoms with Crippen LogP contribution in [0, 0.1) is 0 Å². The minimum absolute atomic E-state index is 0.381. The molecule has 0 aromatic carbocycles. The van der Waals surface area contributed by atoms with Crippen LogP contribution in [0.25, 0.3) is 0 Å². The van der Waals surface area contributed by atoms with Crippen molar-refractivity contribution in [1.29, 1.82) is 0 Å². The minimum atomic E-state index is -0.381. The first kappa shape index (κ1) is 8.88. The summed E-state index contributed by atoms with van der Waals surface area (Å²) in [6, 6.07) is 0. The van der Waals surface area contributed by atoms with Crippen molar-refractivity contribution in [3.8, 4) is 0 Å². The highest BCUT2D eigenvalue weighted by atomic mass is 16.5. The molecule has 56 valence electrons. The molecule has 0 atom stereocenters. The number of ether oxygens (including phenoxy) is 1. The van der Waals surface area contributed by atoms with Crippen LogP contribution in [0.5, 0.6) is 0 Å². The van der Waals surface area contributed by atoms with Crippen LogP contribution in [0.15, 0.2) is 17.3 Å². The van der Waals surface area contributed by atoms with E-state index in [1.807, 2.05) is 6.92 Å². The van der Waals surface area contributed by atoms with E-state index in [9.17, 15) is 4.79 Å². The van der Waals surface area contributed by atoms with Crippen molar-refractivity contribution in [2.45, 2.75) is 13.3 Å². The van der Waals surface area contributed by atoms with Crippen molar-refractivity contribution in [1.82, 2.24) is 0 Å². The molecule has 0 unspecified atom stereocenters. The number of hydrogen-bond acceptors (Lipinski definition) is 3. The Morgan fingerprint density at radius 3 is 2.90 bits per heavy atom. The summed E-state index contributed by atoms with van der Waals surface area (Å²) in [7, 11) is 1.33. The lowest BCUT2D eigenvalue weighted by Gasteiger charge is -1.85. The summed E-state index contributed by atoms with van der Waals surface area (Å²) < 4.78 is 4.33. The Hall–Kier alpha value is -1.12. The third-order valence-corrected chi connectivity index (χ3v) is 0.786. The molecule has 0 saturated carbocycles. The zero-order valence-corrected chi connectivity index (χ0v) is 6.20. The number of esters is 1. The molecule has 0 aliphatic rings. The van der Waals surface area contributed by atoms with Crippen molar-refractivity contribution in [3.05, 3.63) is 12.3 Å². The predicted octanol–water partition coefficient (Wildman–Crippen LogP) is 1.15. The van der Waals surface area contributed by atoms with Gasteiger partial charge in [0.1, 0.15) is 0 Å². The van der Waals surface area contributed by atoms with E-state index in [0.717, 1.165) is 6.42 Å². The monoisotopic (exact) mass is 141 g/mol. The number of hydrogen-bond donors (Lipinski definition) is 0. The van der Waals surface area contributed by atoms with Crippen molar-refractivity contribution in [2.24, 2.45) is 4.99 Å². The quantitative estimate of drug-likeness (QED) is 0.336. The maximum absolute atomic E-state index is 10.4. The first-order valence-corrected chi connectivity index (χ1v) is 3.07. The normalized spacial score (nSPS) is 11.0. The second kappa shape index (κ2) is 6.01. The van der Waals surface area contributed by atoms with Crippen molar-refractivity contribution < 1.29 is 9.53 Å². The fourth-order valence-corrected chi connectivity index (χ4v) is 0.338. The lowest BCUT2D eigenvalue weighted by atomic mass is 10.5. The lowest BCUT2D eigenvalue weighted by molar-refractivity contribution is -0.134. The molecule has 3 nitrogen and oxygen atoms in total. The van der Waals surface area contributed by atoms with Gasteiger partial charge in [0.15, 0.2) is 0 Å². The maximum Gasteiger partial charge on any atom is 0.332 e. The Morgan fingerprint density at radius 1 is 1.70 bits per heavy atom. The number of aliphatic imine (C=N–C) groups is 1. The summed E-state index contributed by atoms with van der Waals surface area (Å²) in [4.78, 5) is 14.2.